The minimum atomic E-state index is -0.0880. The van der Waals surface area contributed by atoms with Gasteiger partial charge in [-0.15, -0.1) is 0 Å². The monoisotopic (exact) mass is 413 g/mol. The molecule has 3 aromatic rings. The van der Waals surface area contributed by atoms with Crippen molar-refractivity contribution >= 4 is 22.7 Å². The summed E-state index contributed by atoms with van der Waals surface area (Å²) in [5.41, 5.74) is 2.58. The maximum Gasteiger partial charge on any atom is 0.232 e. The van der Waals surface area contributed by atoms with Gasteiger partial charge in [-0.3, -0.25) is 4.90 Å². The SMILES string of the molecule is COc1cc([C@H](C)N2CCOCC2)ccc1Nc1nc(OCCO)c2cc[nH]c2n1. The molecule has 3 heterocycles. The highest BCUT2D eigenvalue weighted by atomic mass is 16.5. The third-order valence-electron chi connectivity index (χ3n) is 5.26. The minimum absolute atomic E-state index is 0.0880. The Labute approximate surface area is 175 Å². The van der Waals surface area contributed by atoms with E-state index in [1.54, 1.807) is 13.3 Å². The van der Waals surface area contributed by atoms with Gasteiger partial charge < -0.3 is 29.6 Å². The number of morpholine rings is 1. The number of ether oxygens (including phenoxy) is 3. The summed E-state index contributed by atoms with van der Waals surface area (Å²) in [6.07, 6.45) is 1.78. The Bertz CT molecular complexity index is 987. The lowest BCUT2D eigenvalue weighted by Crippen LogP contribution is -2.38. The number of rotatable bonds is 8. The molecule has 30 heavy (non-hydrogen) atoms. The van der Waals surface area contributed by atoms with Crippen molar-refractivity contribution in [2.75, 3.05) is 51.9 Å². The molecule has 4 rings (SSSR count). The first-order valence-corrected chi connectivity index (χ1v) is 10.0. The number of hydrogen-bond acceptors (Lipinski definition) is 8. The normalized spacial score (nSPS) is 15.8. The van der Waals surface area contributed by atoms with Crippen molar-refractivity contribution in [1.82, 2.24) is 19.9 Å². The number of aromatic amines is 1. The summed E-state index contributed by atoms with van der Waals surface area (Å²) >= 11 is 0. The van der Waals surface area contributed by atoms with Crippen molar-refractivity contribution < 1.29 is 19.3 Å². The smallest absolute Gasteiger partial charge is 0.232 e. The number of hydrogen-bond donors (Lipinski definition) is 3. The summed E-state index contributed by atoms with van der Waals surface area (Å²) in [5, 5.41) is 13.1. The predicted octanol–water partition coefficient (Wildman–Crippen LogP) is 2.47. The molecule has 0 bridgehead atoms. The van der Waals surface area contributed by atoms with E-state index in [1.165, 1.54) is 5.56 Å². The highest BCUT2D eigenvalue weighted by Gasteiger charge is 2.20. The Balaban J connectivity index is 1.58. The second kappa shape index (κ2) is 9.29. The number of aromatic nitrogens is 3. The molecule has 1 atom stereocenters. The van der Waals surface area contributed by atoms with Gasteiger partial charge in [0.15, 0.2) is 0 Å². The number of nitrogens with zero attached hydrogens (tertiary/aromatic N) is 3. The van der Waals surface area contributed by atoms with Gasteiger partial charge in [0.2, 0.25) is 11.8 Å². The molecule has 0 spiro atoms. The van der Waals surface area contributed by atoms with Crippen LogP contribution in [0.3, 0.4) is 0 Å². The first kappa shape index (κ1) is 20.4. The van der Waals surface area contributed by atoms with Gasteiger partial charge in [0.05, 0.1) is 38.0 Å². The van der Waals surface area contributed by atoms with Crippen molar-refractivity contribution in [1.29, 1.82) is 0 Å². The number of anilines is 2. The predicted molar refractivity (Wildman–Crippen MR) is 114 cm³/mol. The average molecular weight is 413 g/mol. The molecule has 1 aromatic carbocycles. The molecule has 0 radical (unpaired) electrons. The first-order valence-electron chi connectivity index (χ1n) is 10.0. The van der Waals surface area contributed by atoms with Gasteiger partial charge in [0, 0.05) is 25.3 Å². The molecule has 3 N–H and O–H groups in total. The maximum atomic E-state index is 9.07. The highest BCUT2D eigenvalue weighted by molar-refractivity contribution is 5.82. The van der Waals surface area contributed by atoms with Gasteiger partial charge >= 0.3 is 0 Å². The van der Waals surface area contributed by atoms with Crippen LogP contribution in [0.25, 0.3) is 11.0 Å². The first-order chi connectivity index (χ1) is 14.7. The van der Waals surface area contributed by atoms with Crippen molar-refractivity contribution in [3.8, 4) is 11.6 Å². The fourth-order valence-corrected chi connectivity index (χ4v) is 3.59. The molecule has 9 nitrogen and oxygen atoms in total. The quantitative estimate of drug-likeness (QED) is 0.517. The van der Waals surface area contributed by atoms with Crippen molar-refractivity contribution in [3.05, 3.63) is 36.0 Å². The second-order valence-corrected chi connectivity index (χ2v) is 7.07. The Kier molecular flexibility index (Phi) is 6.32. The molecule has 1 aliphatic heterocycles. The minimum Gasteiger partial charge on any atom is -0.495 e. The van der Waals surface area contributed by atoms with Gasteiger partial charge in [-0.25, -0.2) is 0 Å². The number of aliphatic hydroxyl groups excluding tert-OH is 1. The summed E-state index contributed by atoms with van der Waals surface area (Å²) in [6.45, 7) is 5.64. The van der Waals surface area contributed by atoms with E-state index in [2.05, 4.69) is 38.2 Å². The van der Waals surface area contributed by atoms with Crippen LogP contribution in [0.5, 0.6) is 11.6 Å². The molecule has 0 amide bonds. The fraction of sp³-hybridized carbons (Fsp3) is 0.429. The van der Waals surface area contributed by atoms with E-state index in [0.29, 0.717) is 23.2 Å². The fourth-order valence-electron chi connectivity index (χ4n) is 3.59. The molecule has 2 aromatic heterocycles. The summed E-state index contributed by atoms with van der Waals surface area (Å²) in [7, 11) is 1.65. The lowest BCUT2D eigenvalue weighted by molar-refractivity contribution is 0.0198. The average Bonchev–Trinajstić information content (AvgIpc) is 3.26. The molecule has 9 heteroatoms. The molecular formula is C21H27N5O4. The van der Waals surface area contributed by atoms with Crippen molar-refractivity contribution in [2.24, 2.45) is 0 Å². The number of aliphatic hydroxyl groups is 1. The zero-order valence-corrected chi connectivity index (χ0v) is 17.2. The zero-order chi connectivity index (χ0) is 20.9. The van der Waals surface area contributed by atoms with Crippen molar-refractivity contribution in [3.63, 3.8) is 0 Å². The maximum absolute atomic E-state index is 9.07. The van der Waals surface area contributed by atoms with Crippen molar-refractivity contribution in [2.45, 2.75) is 13.0 Å². The van der Waals surface area contributed by atoms with Gasteiger partial charge in [0.25, 0.3) is 0 Å². The lowest BCUT2D eigenvalue weighted by Gasteiger charge is -2.32. The second-order valence-electron chi connectivity index (χ2n) is 7.07. The van der Waals surface area contributed by atoms with Crippen LogP contribution in [0.1, 0.15) is 18.5 Å². The van der Waals surface area contributed by atoms with E-state index in [1.807, 2.05) is 18.2 Å². The van der Waals surface area contributed by atoms with Gasteiger partial charge in [0.1, 0.15) is 18.0 Å². The van der Waals surface area contributed by atoms with E-state index in [9.17, 15) is 0 Å². The molecule has 1 saturated heterocycles. The number of nitrogens with one attached hydrogen (secondary N) is 2. The summed E-state index contributed by atoms with van der Waals surface area (Å²) in [6, 6.07) is 8.21. The summed E-state index contributed by atoms with van der Waals surface area (Å²) in [5.74, 6) is 1.50. The van der Waals surface area contributed by atoms with Crippen LogP contribution in [-0.2, 0) is 4.74 Å². The molecule has 1 fully saturated rings. The third-order valence-corrected chi connectivity index (χ3v) is 5.26. The summed E-state index contributed by atoms with van der Waals surface area (Å²) < 4.78 is 16.7. The third kappa shape index (κ3) is 4.33. The Morgan fingerprint density at radius 1 is 1.27 bits per heavy atom. The van der Waals surface area contributed by atoms with Crippen LogP contribution < -0.4 is 14.8 Å². The van der Waals surface area contributed by atoms with Gasteiger partial charge in [-0.2, -0.15) is 9.97 Å². The number of fused-ring (bicyclic) bond motifs is 1. The molecule has 0 saturated carbocycles. The van der Waals surface area contributed by atoms with Crippen LogP contribution in [0.4, 0.5) is 11.6 Å². The zero-order valence-electron chi connectivity index (χ0n) is 17.2. The Morgan fingerprint density at radius 3 is 2.87 bits per heavy atom. The molecule has 0 aliphatic carbocycles. The van der Waals surface area contributed by atoms with Gasteiger partial charge in [-0.1, -0.05) is 6.07 Å². The van der Waals surface area contributed by atoms with E-state index in [-0.39, 0.29) is 19.3 Å². The van der Waals surface area contributed by atoms with E-state index >= 15 is 0 Å². The van der Waals surface area contributed by atoms with Gasteiger partial charge in [-0.05, 0) is 30.7 Å². The topological polar surface area (TPSA) is 105 Å². The van der Waals surface area contributed by atoms with E-state index < -0.39 is 0 Å². The molecule has 160 valence electrons. The highest BCUT2D eigenvalue weighted by Crippen LogP contribution is 2.33. The number of benzene rings is 1. The Morgan fingerprint density at radius 2 is 2.10 bits per heavy atom. The molecule has 1 aliphatic rings. The van der Waals surface area contributed by atoms with Crippen LogP contribution in [0.15, 0.2) is 30.5 Å². The van der Waals surface area contributed by atoms with E-state index in [4.69, 9.17) is 19.3 Å². The van der Waals surface area contributed by atoms with Crippen LogP contribution in [-0.4, -0.2) is 71.6 Å². The molecule has 0 unspecified atom stereocenters. The van der Waals surface area contributed by atoms with E-state index in [0.717, 1.165) is 37.4 Å². The number of methoxy groups -OCH3 is 1. The molecular weight excluding hydrogens is 386 g/mol. The standard InChI is InChI=1S/C21H27N5O4/c1-14(26-7-10-29-11-8-26)15-3-4-17(18(13-15)28-2)23-21-24-19-16(5-6-22-19)20(25-21)30-12-9-27/h3-6,13-14,27H,7-12H2,1-2H3,(H2,22,23,24,25)/t14-/m0/s1. The Hall–Kier alpha value is -2.88. The van der Waals surface area contributed by atoms with Crippen LogP contribution >= 0.6 is 0 Å². The summed E-state index contributed by atoms with van der Waals surface area (Å²) in [4.78, 5) is 14.4. The number of H-pyrrole nitrogens is 1. The largest absolute Gasteiger partial charge is 0.495 e. The lowest BCUT2D eigenvalue weighted by atomic mass is 10.1. The van der Waals surface area contributed by atoms with Crippen LogP contribution in [0.2, 0.25) is 0 Å². The van der Waals surface area contributed by atoms with Crippen LogP contribution in [0, 0.1) is 0 Å².